The Morgan fingerprint density at radius 1 is 1.18 bits per heavy atom. The summed E-state index contributed by atoms with van der Waals surface area (Å²) in [5.74, 6) is 0.863. The molecule has 1 aromatic carbocycles. The molecule has 34 heavy (non-hydrogen) atoms. The van der Waals surface area contributed by atoms with Gasteiger partial charge in [-0.25, -0.2) is 4.79 Å². The summed E-state index contributed by atoms with van der Waals surface area (Å²) in [4.78, 5) is 24.5. The Balaban J connectivity index is 1.46. The van der Waals surface area contributed by atoms with E-state index < -0.39 is 17.3 Å². The van der Waals surface area contributed by atoms with Crippen LogP contribution in [0.25, 0.3) is 0 Å². The van der Waals surface area contributed by atoms with Crippen molar-refractivity contribution in [2.45, 2.75) is 102 Å². The lowest BCUT2D eigenvalue weighted by Gasteiger charge is -2.45. The number of rotatable bonds is 5. The molecule has 4 rings (SSSR count). The molecule has 188 valence electrons. The molecule has 1 spiro atoms. The summed E-state index contributed by atoms with van der Waals surface area (Å²) in [6.45, 7) is 7.49. The number of hydrogen-bond acceptors (Lipinski definition) is 6. The molecule has 3 atom stereocenters. The van der Waals surface area contributed by atoms with Crippen LogP contribution in [0.3, 0.4) is 0 Å². The van der Waals surface area contributed by atoms with Gasteiger partial charge in [-0.3, -0.25) is 4.79 Å². The zero-order valence-electron chi connectivity index (χ0n) is 21.1. The lowest BCUT2D eigenvalue weighted by molar-refractivity contribution is -0.145. The van der Waals surface area contributed by atoms with Gasteiger partial charge in [-0.2, -0.15) is 0 Å². The average Bonchev–Trinajstić information content (AvgIpc) is 3.58. The minimum atomic E-state index is -0.592. The van der Waals surface area contributed by atoms with Gasteiger partial charge in [0.05, 0.1) is 19.1 Å². The molecule has 2 saturated carbocycles. The molecule has 3 unspecified atom stereocenters. The Labute approximate surface area is 202 Å². The first kappa shape index (κ1) is 24.8. The topological polar surface area (TPSA) is 94.1 Å². The summed E-state index contributed by atoms with van der Waals surface area (Å²) in [5, 5.41) is 13.9. The molecular formula is C27H39NO6. The van der Waals surface area contributed by atoms with Gasteiger partial charge in [0.25, 0.3) is 0 Å². The predicted octanol–water partition coefficient (Wildman–Crippen LogP) is 5.01. The van der Waals surface area contributed by atoms with Crippen molar-refractivity contribution in [1.29, 1.82) is 0 Å². The average molecular weight is 474 g/mol. The van der Waals surface area contributed by atoms with E-state index in [0.717, 1.165) is 55.4 Å². The Kier molecular flexibility index (Phi) is 6.87. The van der Waals surface area contributed by atoms with Gasteiger partial charge in [0.2, 0.25) is 0 Å². The maximum Gasteiger partial charge on any atom is 0.407 e. The molecule has 2 fully saturated rings. The van der Waals surface area contributed by atoms with Crippen molar-refractivity contribution in [3.05, 3.63) is 29.3 Å². The van der Waals surface area contributed by atoms with Gasteiger partial charge in [0.15, 0.2) is 0 Å². The molecule has 2 aliphatic carbocycles. The lowest BCUT2D eigenvalue weighted by Crippen LogP contribution is -2.49. The molecule has 1 amide bonds. The van der Waals surface area contributed by atoms with Crippen LogP contribution in [0.15, 0.2) is 18.2 Å². The van der Waals surface area contributed by atoms with Crippen molar-refractivity contribution in [1.82, 2.24) is 5.32 Å². The largest absolute Gasteiger partial charge is 0.487 e. The highest BCUT2D eigenvalue weighted by molar-refractivity contribution is 5.73. The van der Waals surface area contributed by atoms with Gasteiger partial charge in [-0.15, -0.1) is 0 Å². The summed E-state index contributed by atoms with van der Waals surface area (Å²) < 4.78 is 17.0. The van der Waals surface area contributed by atoms with Crippen LogP contribution in [-0.2, 0) is 14.3 Å². The highest BCUT2D eigenvalue weighted by atomic mass is 16.6. The number of nitrogens with one attached hydrogen (secondary N) is 1. The molecule has 7 nitrogen and oxygen atoms in total. The molecule has 0 aromatic heterocycles. The molecule has 3 aliphatic rings. The zero-order valence-corrected chi connectivity index (χ0v) is 21.1. The van der Waals surface area contributed by atoms with Gasteiger partial charge in [-0.1, -0.05) is 19.1 Å². The van der Waals surface area contributed by atoms with Crippen LogP contribution < -0.4 is 10.1 Å². The number of fused-ring (bicyclic) bond motifs is 1. The van der Waals surface area contributed by atoms with E-state index in [1.807, 2.05) is 45.9 Å². The summed E-state index contributed by atoms with van der Waals surface area (Å²) in [6.07, 6.45) is 4.83. The maximum absolute atomic E-state index is 12.3. The van der Waals surface area contributed by atoms with E-state index in [0.29, 0.717) is 12.3 Å². The maximum atomic E-state index is 12.3. The Hall–Kier alpha value is -2.28. The third-order valence-corrected chi connectivity index (χ3v) is 7.53. The van der Waals surface area contributed by atoms with Crippen molar-refractivity contribution in [3.63, 3.8) is 0 Å². The second-order valence-corrected chi connectivity index (χ2v) is 11.4. The van der Waals surface area contributed by atoms with Gasteiger partial charge >= 0.3 is 12.1 Å². The first-order chi connectivity index (χ1) is 16.0. The number of ether oxygens (including phenoxy) is 3. The number of carbonyl (C=O) groups is 2. The minimum absolute atomic E-state index is 0.0362. The van der Waals surface area contributed by atoms with E-state index in [4.69, 9.17) is 14.2 Å². The van der Waals surface area contributed by atoms with Crippen LogP contribution in [0.2, 0.25) is 0 Å². The van der Waals surface area contributed by atoms with Crippen LogP contribution in [0.5, 0.6) is 5.75 Å². The first-order valence-electron chi connectivity index (χ1n) is 12.6. The molecule has 1 aliphatic heterocycles. The number of methoxy groups -OCH3 is 1. The fraction of sp³-hybridized carbons (Fsp3) is 0.704. The number of amides is 1. The molecule has 7 heteroatoms. The zero-order chi connectivity index (χ0) is 24.7. The van der Waals surface area contributed by atoms with Crippen LogP contribution in [0, 0.1) is 11.8 Å². The van der Waals surface area contributed by atoms with E-state index >= 15 is 0 Å². The van der Waals surface area contributed by atoms with E-state index in [1.165, 1.54) is 7.11 Å². The van der Waals surface area contributed by atoms with E-state index in [2.05, 4.69) is 5.32 Å². The van der Waals surface area contributed by atoms with Crippen LogP contribution in [0.1, 0.15) is 95.8 Å². The lowest BCUT2D eigenvalue weighted by atomic mass is 9.75. The summed E-state index contributed by atoms with van der Waals surface area (Å²) >= 11 is 0. The Morgan fingerprint density at radius 2 is 1.85 bits per heavy atom. The summed E-state index contributed by atoms with van der Waals surface area (Å²) in [6, 6.07) is 6.06. The number of aliphatic hydroxyl groups is 1. The number of alkyl carbamates (subject to hydrolysis) is 1. The summed E-state index contributed by atoms with van der Waals surface area (Å²) in [5.41, 5.74) is 0.911. The summed E-state index contributed by atoms with van der Waals surface area (Å²) in [7, 11) is 1.44. The SMILES string of the molecule is COC(=O)C(C)C(c1ccc2c(c1)OC1(CCC(NC(=O)OC(C)(C)C)CC1)CC2O)C1CC1. The Morgan fingerprint density at radius 3 is 2.44 bits per heavy atom. The van der Waals surface area contributed by atoms with Crippen LogP contribution in [0.4, 0.5) is 4.79 Å². The third-order valence-electron chi connectivity index (χ3n) is 7.53. The minimum Gasteiger partial charge on any atom is -0.487 e. The third kappa shape index (κ3) is 5.51. The molecule has 2 N–H and O–H groups in total. The molecular weight excluding hydrogens is 434 g/mol. The fourth-order valence-electron chi connectivity index (χ4n) is 5.68. The predicted molar refractivity (Wildman–Crippen MR) is 128 cm³/mol. The van der Waals surface area contributed by atoms with Gasteiger partial charge in [0, 0.05) is 18.0 Å². The quantitative estimate of drug-likeness (QED) is 0.584. The molecule has 1 heterocycles. The van der Waals surface area contributed by atoms with Crippen molar-refractivity contribution in [2.75, 3.05) is 7.11 Å². The molecule has 0 saturated heterocycles. The molecule has 1 aromatic rings. The van der Waals surface area contributed by atoms with Crippen LogP contribution in [-0.4, -0.2) is 41.5 Å². The van der Waals surface area contributed by atoms with E-state index in [-0.39, 0.29) is 29.9 Å². The second kappa shape index (κ2) is 9.40. The smallest absolute Gasteiger partial charge is 0.407 e. The number of esters is 1. The number of benzene rings is 1. The number of aliphatic hydroxyl groups excluding tert-OH is 1. The van der Waals surface area contributed by atoms with Gasteiger partial charge in [0.1, 0.15) is 17.0 Å². The second-order valence-electron chi connectivity index (χ2n) is 11.4. The van der Waals surface area contributed by atoms with Gasteiger partial charge < -0.3 is 24.6 Å². The van der Waals surface area contributed by atoms with Crippen molar-refractivity contribution in [3.8, 4) is 5.75 Å². The van der Waals surface area contributed by atoms with Gasteiger partial charge in [-0.05, 0) is 82.8 Å². The van der Waals surface area contributed by atoms with Crippen molar-refractivity contribution < 1.29 is 28.9 Å². The van der Waals surface area contributed by atoms with Crippen molar-refractivity contribution in [2.24, 2.45) is 11.8 Å². The normalized spacial score (nSPS) is 28.3. The monoisotopic (exact) mass is 473 g/mol. The highest BCUT2D eigenvalue weighted by Gasteiger charge is 2.45. The van der Waals surface area contributed by atoms with E-state index in [1.54, 1.807) is 0 Å². The van der Waals surface area contributed by atoms with Crippen molar-refractivity contribution >= 4 is 12.1 Å². The number of carbonyl (C=O) groups excluding carboxylic acids is 2. The fourth-order valence-corrected chi connectivity index (χ4v) is 5.68. The van der Waals surface area contributed by atoms with Crippen LogP contribution >= 0.6 is 0 Å². The number of hydrogen-bond donors (Lipinski definition) is 2. The van der Waals surface area contributed by atoms with E-state index in [9.17, 15) is 14.7 Å². The highest BCUT2D eigenvalue weighted by Crippen LogP contribution is 2.50. The standard InChI is InChI=1S/C27H39NO6/c1-16(24(30)32-5)23(17-6-7-17)18-8-9-20-21(29)15-27(33-22(20)14-18)12-10-19(11-13-27)28-25(31)34-26(2,3)4/h8-9,14,16-17,19,21,23,29H,6-7,10-13,15H2,1-5H3,(H,28,31). The molecule has 0 bridgehead atoms. The molecule has 0 radical (unpaired) electrons. The first-order valence-corrected chi connectivity index (χ1v) is 12.6. The Bertz CT molecular complexity index is 910.